The van der Waals surface area contributed by atoms with Crippen molar-refractivity contribution < 1.29 is 18.7 Å². The monoisotopic (exact) mass is 349 g/mol. The molecule has 0 saturated heterocycles. The Balaban J connectivity index is 1.77. The maximum atomic E-state index is 13.5. The van der Waals surface area contributed by atoms with Gasteiger partial charge in [0.05, 0.1) is 12.8 Å². The predicted molar refractivity (Wildman–Crippen MR) is 92.4 cm³/mol. The Kier molecular flexibility index (Phi) is 6.32. The van der Waals surface area contributed by atoms with Crippen molar-refractivity contribution in [3.63, 3.8) is 0 Å². The first-order chi connectivity index (χ1) is 11.6. The number of carbonyl (C=O) groups is 1. The van der Waals surface area contributed by atoms with Crippen LogP contribution >= 0.6 is 12.2 Å². The van der Waals surface area contributed by atoms with Crippen molar-refractivity contribution in [3.05, 3.63) is 54.3 Å². The van der Waals surface area contributed by atoms with Crippen molar-refractivity contribution in [2.75, 3.05) is 19.0 Å². The number of benzene rings is 2. The standard InChI is InChI=1S/C16H16FN3O3S/c1-22-13-8-4-5-9-14(13)23-10-15(21)19-20-16(24)18-12-7-3-2-6-11(12)17/h2-9H,10H2,1H3,(H,19,21)(H2,18,20,24). The van der Waals surface area contributed by atoms with Gasteiger partial charge in [-0.3, -0.25) is 15.6 Å². The number of ether oxygens (including phenoxy) is 2. The molecule has 3 N–H and O–H groups in total. The van der Waals surface area contributed by atoms with Crippen LogP contribution in [0.1, 0.15) is 0 Å². The van der Waals surface area contributed by atoms with Crippen LogP contribution in [0.4, 0.5) is 10.1 Å². The second-order valence-corrected chi connectivity index (χ2v) is 4.95. The SMILES string of the molecule is COc1ccccc1OCC(=O)NNC(=S)Nc1ccccc1F. The molecule has 24 heavy (non-hydrogen) atoms. The molecule has 0 unspecified atom stereocenters. The molecule has 8 heteroatoms. The molecule has 1 amide bonds. The van der Waals surface area contributed by atoms with Gasteiger partial charge < -0.3 is 14.8 Å². The normalized spacial score (nSPS) is 9.75. The van der Waals surface area contributed by atoms with Crippen molar-refractivity contribution >= 4 is 28.9 Å². The van der Waals surface area contributed by atoms with Gasteiger partial charge in [0, 0.05) is 0 Å². The molecule has 2 aromatic rings. The number of hydrazine groups is 1. The lowest BCUT2D eigenvalue weighted by molar-refractivity contribution is -0.123. The molecule has 2 rings (SSSR count). The Bertz CT molecular complexity index is 727. The van der Waals surface area contributed by atoms with Crippen molar-refractivity contribution in [1.29, 1.82) is 0 Å². The Morgan fingerprint density at radius 2 is 1.75 bits per heavy atom. The Morgan fingerprint density at radius 3 is 2.46 bits per heavy atom. The van der Waals surface area contributed by atoms with E-state index in [1.165, 1.54) is 19.2 Å². The highest BCUT2D eigenvalue weighted by Crippen LogP contribution is 2.25. The highest BCUT2D eigenvalue weighted by Gasteiger charge is 2.08. The lowest BCUT2D eigenvalue weighted by Gasteiger charge is -2.13. The number of rotatable bonds is 5. The molecule has 0 aliphatic heterocycles. The van der Waals surface area contributed by atoms with Gasteiger partial charge in [-0.25, -0.2) is 4.39 Å². The molecule has 0 spiro atoms. The number of carbonyl (C=O) groups excluding carboxylic acids is 1. The van der Waals surface area contributed by atoms with Crippen molar-refractivity contribution in [3.8, 4) is 11.5 Å². The summed E-state index contributed by atoms with van der Waals surface area (Å²) in [6.45, 7) is -0.240. The Hall–Kier alpha value is -2.87. The van der Waals surface area contributed by atoms with E-state index in [1.54, 1.807) is 36.4 Å². The lowest BCUT2D eigenvalue weighted by Crippen LogP contribution is -2.45. The summed E-state index contributed by atoms with van der Waals surface area (Å²) < 4.78 is 23.9. The highest BCUT2D eigenvalue weighted by atomic mass is 32.1. The molecule has 6 nitrogen and oxygen atoms in total. The van der Waals surface area contributed by atoms with E-state index in [0.29, 0.717) is 11.5 Å². The van der Waals surface area contributed by atoms with Crippen LogP contribution < -0.4 is 25.6 Å². The molecule has 0 bridgehead atoms. The second-order valence-electron chi connectivity index (χ2n) is 4.55. The fraction of sp³-hybridized carbons (Fsp3) is 0.125. The number of halogens is 1. The van der Waals surface area contributed by atoms with Crippen LogP contribution in [-0.2, 0) is 4.79 Å². The minimum Gasteiger partial charge on any atom is -0.493 e. The van der Waals surface area contributed by atoms with E-state index in [0.717, 1.165) is 0 Å². The minimum absolute atomic E-state index is 0.0470. The summed E-state index contributed by atoms with van der Waals surface area (Å²) in [6.07, 6.45) is 0. The molecular weight excluding hydrogens is 333 g/mol. The number of nitrogens with one attached hydrogen (secondary N) is 3. The summed E-state index contributed by atoms with van der Waals surface area (Å²) in [6, 6.07) is 13.0. The molecular formula is C16H16FN3O3S. The maximum absolute atomic E-state index is 13.5. The fourth-order valence-corrected chi connectivity index (χ4v) is 1.92. The molecule has 0 atom stereocenters. The van der Waals surface area contributed by atoms with Crippen LogP contribution in [0, 0.1) is 5.82 Å². The molecule has 2 aromatic carbocycles. The van der Waals surface area contributed by atoms with Crippen LogP contribution in [-0.4, -0.2) is 24.7 Å². The molecule has 0 saturated carbocycles. The van der Waals surface area contributed by atoms with Crippen LogP contribution in [0.5, 0.6) is 11.5 Å². The summed E-state index contributed by atoms with van der Waals surface area (Å²) >= 11 is 4.97. The Morgan fingerprint density at radius 1 is 1.08 bits per heavy atom. The number of methoxy groups -OCH3 is 1. The van der Waals surface area contributed by atoms with Gasteiger partial charge in [0.1, 0.15) is 5.82 Å². The van der Waals surface area contributed by atoms with Crippen LogP contribution in [0.2, 0.25) is 0 Å². The van der Waals surface area contributed by atoms with Gasteiger partial charge in [0.2, 0.25) is 0 Å². The Labute approximate surface area is 143 Å². The number of thiocarbonyl (C=S) groups is 1. The van der Waals surface area contributed by atoms with Gasteiger partial charge in [-0.2, -0.15) is 0 Å². The van der Waals surface area contributed by atoms with E-state index in [9.17, 15) is 9.18 Å². The smallest absolute Gasteiger partial charge is 0.276 e. The minimum atomic E-state index is -0.460. The van der Waals surface area contributed by atoms with Gasteiger partial charge >= 0.3 is 0 Å². The van der Waals surface area contributed by atoms with Gasteiger partial charge in [-0.1, -0.05) is 24.3 Å². The van der Waals surface area contributed by atoms with Crippen LogP contribution in [0.15, 0.2) is 48.5 Å². The van der Waals surface area contributed by atoms with Crippen molar-refractivity contribution in [2.24, 2.45) is 0 Å². The average molecular weight is 349 g/mol. The van der Waals surface area contributed by atoms with E-state index in [-0.39, 0.29) is 17.4 Å². The largest absolute Gasteiger partial charge is 0.493 e. The molecule has 0 aliphatic rings. The third-order valence-corrected chi connectivity index (χ3v) is 3.07. The molecule has 0 fully saturated rings. The van der Waals surface area contributed by atoms with Gasteiger partial charge in [0.25, 0.3) is 5.91 Å². The lowest BCUT2D eigenvalue weighted by atomic mass is 10.3. The summed E-state index contributed by atoms with van der Waals surface area (Å²) in [5.41, 5.74) is 5.02. The first-order valence-electron chi connectivity index (χ1n) is 6.96. The summed E-state index contributed by atoms with van der Waals surface area (Å²) in [7, 11) is 1.51. The number of hydrogen-bond acceptors (Lipinski definition) is 4. The van der Waals surface area contributed by atoms with E-state index in [1.807, 2.05) is 0 Å². The van der Waals surface area contributed by atoms with Crippen molar-refractivity contribution in [2.45, 2.75) is 0 Å². The maximum Gasteiger partial charge on any atom is 0.276 e. The molecule has 0 aromatic heterocycles. The average Bonchev–Trinajstić information content (AvgIpc) is 2.60. The molecule has 0 aliphatic carbocycles. The van der Waals surface area contributed by atoms with E-state index in [4.69, 9.17) is 21.7 Å². The van der Waals surface area contributed by atoms with E-state index >= 15 is 0 Å². The third kappa shape index (κ3) is 5.10. The van der Waals surface area contributed by atoms with Crippen molar-refractivity contribution in [1.82, 2.24) is 10.9 Å². The summed E-state index contributed by atoms with van der Waals surface area (Å²) in [4.78, 5) is 11.7. The molecule has 126 valence electrons. The first kappa shape index (κ1) is 17.5. The topological polar surface area (TPSA) is 71.6 Å². The van der Waals surface area contributed by atoms with Gasteiger partial charge in [0.15, 0.2) is 23.2 Å². The molecule has 0 radical (unpaired) electrons. The van der Waals surface area contributed by atoms with Gasteiger partial charge in [-0.05, 0) is 36.5 Å². The van der Waals surface area contributed by atoms with Gasteiger partial charge in [-0.15, -0.1) is 0 Å². The zero-order chi connectivity index (χ0) is 17.4. The second kappa shape index (κ2) is 8.68. The third-order valence-electron chi connectivity index (χ3n) is 2.87. The van der Waals surface area contributed by atoms with E-state index in [2.05, 4.69) is 16.2 Å². The highest BCUT2D eigenvalue weighted by molar-refractivity contribution is 7.80. The zero-order valence-electron chi connectivity index (χ0n) is 12.8. The summed E-state index contributed by atoms with van der Waals surface area (Å²) in [5.74, 6) is 0.0586. The zero-order valence-corrected chi connectivity index (χ0v) is 13.7. The number of amides is 1. The summed E-state index contributed by atoms with van der Waals surface area (Å²) in [5, 5.41) is 2.67. The number of anilines is 1. The number of hydrogen-bond donors (Lipinski definition) is 3. The first-order valence-corrected chi connectivity index (χ1v) is 7.37. The van der Waals surface area contributed by atoms with Crippen LogP contribution in [0.3, 0.4) is 0 Å². The molecule has 0 heterocycles. The number of para-hydroxylation sites is 3. The van der Waals surface area contributed by atoms with Crippen LogP contribution in [0.25, 0.3) is 0 Å². The predicted octanol–water partition coefficient (Wildman–Crippen LogP) is 2.23. The quantitative estimate of drug-likeness (QED) is 0.568. The van der Waals surface area contributed by atoms with E-state index < -0.39 is 11.7 Å². The fourth-order valence-electron chi connectivity index (χ4n) is 1.76.